The first kappa shape index (κ1) is 15.2. The van der Waals surface area contributed by atoms with Gasteiger partial charge in [0.05, 0.1) is 4.92 Å². The van der Waals surface area contributed by atoms with Gasteiger partial charge >= 0.3 is 5.69 Å². The third kappa shape index (κ3) is 4.75. The van der Waals surface area contributed by atoms with E-state index in [0.717, 1.165) is 6.42 Å². The lowest BCUT2D eigenvalue weighted by Gasteiger charge is -2.08. The zero-order chi connectivity index (χ0) is 14.3. The molecule has 0 aliphatic heterocycles. The van der Waals surface area contributed by atoms with Crippen LogP contribution in [0.1, 0.15) is 19.8 Å². The summed E-state index contributed by atoms with van der Waals surface area (Å²) in [6.07, 6.45) is 1.13. The van der Waals surface area contributed by atoms with E-state index in [0.29, 0.717) is 18.8 Å². The number of nitro benzene ring substituents is 1. The van der Waals surface area contributed by atoms with Gasteiger partial charge in [-0.3, -0.25) is 14.9 Å². The highest BCUT2D eigenvalue weighted by Gasteiger charge is 2.17. The summed E-state index contributed by atoms with van der Waals surface area (Å²) >= 11 is 5.77. The number of nitrogens with one attached hydrogen (secondary N) is 2. The van der Waals surface area contributed by atoms with E-state index in [1.807, 2.05) is 6.92 Å². The molecule has 0 aliphatic rings. The molecule has 0 bridgehead atoms. The predicted molar refractivity (Wildman–Crippen MR) is 74.5 cm³/mol. The molecular weight excluding hydrogens is 270 g/mol. The fourth-order valence-electron chi connectivity index (χ4n) is 1.51. The molecule has 0 saturated carbocycles. The van der Waals surface area contributed by atoms with E-state index in [1.165, 1.54) is 6.07 Å². The largest absolute Gasteiger partial charge is 0.379 e. The second-order valence-corrected chi connectivity index (χ2v) is 4.33. The number of carbonyl (C=O) groups excluding carboxylic acids is 1. The Morgan fingerprint density at radius 2 is 2.16 bits per heavy atom. The van der Waals surface area contributed by atoms with Crippen LogP contribution >= 0.6 is 11.6 Å². The lowest BCUT2D eigenvalue weighted by Crippen LogP contribution is -2.25. The van der Waals surface area contributed by atoms with Crippen LogP contribution in [-0.2, 0) is 4.79 Å². The minimum absolute atomic E-state index is 0.0745. The molecule has 0 unspecified atom stereocenters. The molecule has 6 nitrogen and oxygen atoms in total. The van der Waals surface area contributed by atoms with Crippen molar-refractivity contribution in [2.45, 2.75) is 19.8 Å². The Kier molecular flexibility index (Phi) is 6.08. The summed E-state index contributed by atoms with van der Waals surface area (Å²) in [5, 5.41) is 16.5. The lowest BCUT2D eigenvalue weighted by molar-refractivity contribution is -0.383. The number of hydrogen-bond acceptors (Lipinski definition) is 4. The number of nitrogens with zero attached hydrogens (tertiary/aromatic N) is 1. The van der Waals surface area contributed by atoms with Crippen LogP contribution in [0, 0.1) is 10.1 Å². The molecule has 1 rings (SSSR count). The van der Waals surface area contributed by atoms with Gasteiger partial charge in [0.15, 0.2) is 0 Å². The smallest absolute Gasteiger partial charge is 0.310 e. The second-order valence-electron chi connectivity index (χ2n) is 3.92. The fourth-order valence-corrected chi connectivity index (χ4v) is 1.75. The minimum Gasteiger partial charge on any atom is -0.379 e. The first-order chi connectivity index (χ1) is 9.06. The van der Waals surface area contributed by atoms with Crippen molar-refractivity contribution in [1.82, 2.24) is 5.32 Å². The van der Waals surface area contributed by atoms with Gasteiger partial charge in [0.2, 0.25) is 5.91 Å². The van der Waals surface area contributed by atoms with E-state index < -0.39 is 4.92 Å². The van der Waals surface area contributed by atoms with Gasteiger partial charge in [-0.1, -0.05) is 24.6 Å². The Hall–Kier alpha value is -1.82. The van der Waals surface area contributed by atoms with Crippen molar-refractivity contribution in [3.05, 3.63) is 33.3 Å². The van der Waals surface area contributed by atoms with Gasteiger partial charge < -0.3 is 10.6 Å². The molecule has 7 heteroatoms. The van der Waals surface area contributed by atoms with Crippen molar-refractivity contribution in [3.63, 3.8) is 0 Å². The molecule has 0 atom stereocenters. The maximum absolute atomic E-state index is 11.4. The van der Waals surface area contributed by atoms with Crippen molar-refractivity contribution in [3.8, 4) is 0 Å². The van der Waals surface area contributed by atoms with Gasteiger partial charge in [0.1, 0.15) is 10.7 Å². The molecule has 0 saturated heterocycles. The number of benzene rings is 1. The molecule has 19 heavy (non-hydrogen) atoms. The van der Waals surface area contributed by atoms with Gasteiger partial charge in [0, 0.05) is 19.5 Å². The Morgan fingerprint density at radius 3 is 2.79 bits per heavy atom. The lowest BCUT2D eigenvalue weighted by atomic mass is 10.2. The monoisotopic (exact) mass is 285 g/mol. The topological polar surface area (TPSA) is 84.3 Å². The molecule has 1 amide bonds. The highest BCUT2D eigenvalue weighted by Crippen LogP contribution is 2.31. The molecule has 0 fully saturated rings. The van der Waals surface area contributed by atoms with E-state index in [4.69, 9.17) is 11.6 Å². The molecule has 0 aromatic heterocycles. The summed E-state index contributed by atoms with van der Waals surface area (Å²) in [4.78, 5) is 21.7. The molecule has 1 aromatic carbocycles. The average molecular weight is 286 g/mol. The van der Waals surface area contributed by atoms with Crippen LogP contribution in [0.4, 0.5) is 11.4 Å². The maximum Gasteiger partial charge on any atom is 0.310 e. The Balaban J connectivity index is 2.56. The maximum atomic E-state index is 11.4. The molecule has 1 aromatic rings. The van der Waals surface area contributed by atoms with E-state index in [1.54, 1.807) is 12.1 Å². The highest BCUT2D eigenvalue weighted by molar-refractivity contribution is 6.33. The Bertz CT molecular complexity index is 466. The number of nitro groups is 1. The van der Waals surface area contributed by atoms with Crippen LogP contribution in [0.25, 0.3) is 0 Å². The van der Waals surface area contributed by atoms with Crippen molar-refractivity contribution in [2.75, 3.05) is 18.4 Å². The number of rotatable bonds is 7. The van der Waals surface area contributed by atoms with Crippen LogP contribution in [0.2, 0.25) is 5.02 Å². The van der Waals surface area contributed by atoms with Gasteiger partial charge in [-0.25, -0.2) is 0 Å². The van der Waals surface area contributed by atoms with E-state index in [2.05, 4.69) is 10.6 Å². The van der Waals surface area contributed by atoms with Gasteiger partial charge in [-0.05, 0) is 18.6 Å². The van der Waals surface area contributed by atoms with Crippen LogP contribution in [0.15, 0.2) is 18.2 Å². The average Bonchev–Trinajstić information content (AvgIpc) is 2.36. The van der Waals surface area contributed by atoms with Crippen LogP contribution < -0.4 is 10.6 Å². The number of carbonyl (C=O) groups is 1. The predicted octanol–water partition coefficient (Wildman–Crippen LogP) is 2.58. The third-order valence-corrected chi connectivity index (χ3v) is 2.71. The van der Waals surface area contributed by atoms with E-state index >= 15 is 0 Å². The van der Waals surface area contributed by atoms with Crippen molar-refractivity contribution in [1.29, 1.82) is 0 Å². The first-order valence-electron chi connectivity index (χ1n) is 5.99. The van der Waals surface area contributed by atoms with Gasteiger partial charge in [-0.2, -0.15) is 0 Å². The summed E-state index contributed by atoms with van der Waals surface area (Å²) in [6, 6.07) is 4.64. The van der Waals surface area contributed by atoms with Crippen LogP contribution in [-0.4, -0.2) is 23.9 Å². The third-order valence-electron chi connectivity index (χ3n) is 2.41. The van der Waals surface area contributed by atoms with E-state index in [9.17, 15) is 14.9 Å². The highest BCUT2D eigenvalue weighted by atomic mass is 35.5. The fraction of sp³-hybridized carbons (Fsp3) is 0.417. The van der Waals surface area contributed by atoms with Crippen molar-refractivity contribution in [2.24, 2.45) is 0 Å². The number of hydrogen-bond donors (Lipinski definition) is 2. The number of anilines is 1. The molecular formula is C12H16ClN3O3. The summed E-state index contributed by atoms with van der Waals surface area (Å²) in [7, 11) is 0. The Morgan fingerprint density at radius 1 is 1.42 bits per heavy atom. The quantitative estimate of drug-likeness (QED) is 0.596. The van der Waals surface area contributed by atoms with Crippen LogP contribution in [0.5, 0.6) is 0 Å². The molecule has 2 N–H and O–H groups in total. The Labute approximate surface area is 116 Å². The number of halogens is 1. The molecule has 0 radical (unpaired) electrons. The zero-order valence-corrected chi connectivity index (χ0v) is 11.4. The summed E-state index contributed by atoms with van der Waals surface area (Å²) < 4.78 is 0. The summed E-state index contributed by atoms with van der Waals surface area (Å²) in [6.45, 7) is 2.92. The minimum atomic E-state index is -0.540. The molecule has 0 heterocycles. The second kappa shape index (κ2) is 7.58. The van der Waals surface area contributed by atoms with Crippen LogP contribution in [0.3, 0.4) is 0 Å². The summed E-state index contributed by atoms with van der Waals surface area (Å²) in [5.41, 5.74) is 0.152. The van der Waals surface area contributed by atoms with Gasteiger partial charge in [-0.15, -0.1) is 0 Å². The van der Waals surface area contributed by atoms with Gasteiger partial charge in [0.25, 0.3) is 0 Å². The zero-order valence-electron chi connectivity index (χ0n) is 10.6. The standard InChI is InChI=1S/C12H16ClN3O3/c1-2-7-15-11(17)6-8-14-10-5-3-4-9(13)12(10)16(18)19/h3-5,14H,2,6-8H2,1H3,(H,15,17). The number of para-hydroxylation sites is 1. The van der Waals surface area contributed by atoms with E-state index in [-0.39, 0.29) is 23.0 Å². The SMILES string of the molecule is CCCNC(=O)CCNc1cccc(Cl)c1[N+](=O)[O-]. The first-order valence-corrected chi connectivity index (χ1v) is 6.37. The molecule has 0 spiro atoms. The van der Waals surface area contributed by atoms with Crippen molar-refractivity contribution >= 4 is 28.9 Å². The summed E-state index contributed by atoms with van der Waals surface area (Å²) in [5.74, 6) is -0.0842. The molecule has 0 aliphatic carbocycles. The molecule has 104 valence electrons. The number of amides is 1. The normalized spacial score (nSPS) is 10.0. The van der Waals surface area contributed by atoms with Crippen molar-refractivity contribution < 1.29 is 9.72 Å².